The summed E-state index contributed by atoms with van der Waals surface area (Å²) in [6, 6.07) is 5.70. The summed E-state index contributed by atoms with van der Waals surface area (Å²) in [5.41, 5.74) is 1.93. The van der Waals surface area contributed by atoms with Crippen molar-refractivity contribution in [2.45, 2.75) is 32.8 Å². The maximum Gasteiger partial charge on any atom is 0.122 e. The maximum absolute atomic E-state index is 9.42. The SMILES string of the molecule is Cc1cc([C@H](C)O)ccc1OCCCCO. The van der Waals surface area contributed by atoms with Crippen molar-refractivity contribution in [3.05, 3.63) is 29.3 Å². The lowest BCUT2D eigenvalue weighted by molar-refractivity contribution is 0.199. The van der Waals surface area contributed by atoms with Crippen molar-refractivity contribution in [3.8, 4) is 5.75 Å². The Bertz CT molecular complexity index is 321. The molecule has 0 bridgehead atoms. The minimum Gasteiger partial charge on any atom is -0.493 e. The van der Waals surface area contributed by atoms with Gasteiger partial charge in [-0.2, -0.15) is 0 Å². The first-order valence-electron chi connectivity index (χ1n) is 5.67. The van der Waals surface area contributed by atoms with Gasteiger partial charge in [-0.1, -0.05) is 6.07 Å². The lowest BCUT2D eigenvalue weighted by Gasteiger charge is -2.11. The highest BCUT2D eigenvalue weighted by Gasteiger charge is 2.04. The standard InChI is InChI=1S/C13H20O3/c1-10-9-12(11(2)15)5-6-13(10)16-8-4-3-7-14/h5-6,9,11,14-15H,3-4,7-8H2,1-2H3/t11-/m0/s1. The second kappa shape index (κ2) is 6.51. The fraction of sp³-hybridized carbons (Fsp3) is 0.538. The van der Waals surface area contributed by atoms with Gasteiger partial charge in [-0.3, -0.25) is 0 Å². The molecule has 0 spiro atoms. The molecule has 0 radical (unpaired) electrons. The van der Waals surface area contributed by atoms with Crippen molar-refractivity contribution < 1.29 is 14.9 Å². The molecule has 1 atom stereocenters. The minimum atomic E-state index is -0.442. The smallest absolute Gasteiger partial charge is 0.122 e. The molecule has 0 heterocycles. The molecule has 16 heavy (non-hydrogen) atoms. The fourth-order valence-electron chi connectivity index (χ4n) is 1.49. The van der Waals surface area contributed by atoms with Crippen molar-refractivity contribution in [1.82, 2.24) is 0 Å². The number of aliphatic hydroxyl groups is 2. The van der Waals surface area contributed by atoms with Gasteiger partial charge in [0.2, 0.25) is 0 Å². The van der Waals surface area contributed by atoms with Crippen LogP contribution < -0.4 is 4.74 Å². The first kappa shape index (κ1) is 13.0. The third kappa shape index (κ3) is 3.83. The van der Waals surface area contributed by atoms with Gasteiger partial charge >= 0.3 is 0 Å². The molecule has 0 aliphatic rings. The van der Waals surface area contributed by atoms with E-state index in [1.54, 1.807) is 6.92 Å². The van der Waals surface area contributed by atoms with E-state index in [4.69, 9.17) is 9.84 Å². The number of benzene rings is 1. The molecule has 0 fully saturated rings. The summed E-state index contributed by atoms with van der Waals surface area (Å²) in [5.74, 6) is 0.849. The van der Waals surface area contributed by atoms with E-state index in [0.29, 0.717) is 6.61 Å². The average Bonchev–Trinajstić information content (AvgIpc) is 2.26. The van der Waals surface area contributed by atoms with Crippen molar-refractivity contribution in [3.63, 3.8) is 0 Å². The van der Waals surface area contributed by atoms with Gasteiger partial charge < -0.3 is 14.9 Å². The average molecular weight is 224 g/mol. The number of aliphatic hydroxyl groups excluding tert-OH is 2. The summed E-state index contributed by atoms with van der Waals surface area (Å²) >= 11 is 0. The predicted molar refractivity (Wildman–Crippen MR) is 63.6 cm³/mol. The zero-order chi connectivity index (χ0) is 12.0. The molecule has 2 N–H and O–H groups in total. The number of rotatable bonds is 6. The van der Waals surface area contributed by atoms with Crippen LogP contribution in [0.5, 0.6) is 5.75 Å². The van der Waals surface area contributed by atoms with E-state index < -0.39 is 6.10 Å². The topological polar surface area (TPSA) is 49.7 Å². The van der Waals surface area contributed by atoms with E-state index in [1.807, 2.05) is 25.1 Å². The van der Waals surface area contributed by atoms with Gasteiger partial charge in [0.15, 0.2) is 0 Å². The van der Waals surface area contributed by atoms with Gasteiger partial charge in [0, 0.05) is 6.61 Å². The lowest BCUT2D eigenvalue weighted by atomic mass is 10.1. The summed E-state index contributed by atoms with van der Waals surface area (Å²) in [7, 11) is 0. The van der Waals surface area contributed by atoms with Crippen LogP contribution in [-0.2, 0) is 0 Å². The zero-order valence-corrected chi connectivity index (χ0v) is 9.94. The third-order valence-corrected chi connectivity index (χ3v) is 2.49. The van der Waals surface area contributed by atoms with E-state index >= 15 is 0 Å². The number of ether oxygens (including phenoxy) is 1. The number of aryl methyl sites for hydroxylation is 1. The lowest BCUT2D eigenvalue weighted by Crippen LogP contribution is -2.01. The van der Waals surface area contributed by atoms with Crippen LogP contribution in [0.25, 0.3) is 0 Å². The van der Waals surface area contributed by atoms with Crippen molar-refractivity contribution >= 4 is 0 Å². The maximum atomic E-state index is 9.42. The van der Waals surface area contributed by atoms with Crippen LogP contribution in [0.1, 0.15) is 37.0 Å². The van der Waals surface area contributed by atoms with E-state index in [-0.39, 0.29) is 6.61 Å². The van der Waals surface area contributed by atoms with Gasteiger partial charge in [-0.05, 0) is 49.9 Å². The molecule has 1 aromatic rings. The van der Waals surface area contributed by atoms with Gasteiger partial charge in [-0.25, -0.2) is 0 Å². The summed E-state index contributed by atoms with van der Waals surface area (Å²) in [6.07, 6.45) is 1.18. The van der Waals surface area contributed by atoms with Crippen LogP contribution in [0.4, 0.5) is 0 Å². The van der Waals surface area contributed by atoms with Crippen molar-refractivity contribution in [1.29, 1.82) is 0 Å². The number of hydrogen-bond acceptors (Lipinski definition) is 3. The second-order valence-electron chi connectivity index (χ2n) is 3.98. The van der Waals surface area contributed by atoms with Crippen LogP contribution in [0.2, 0.25) is 0 Å². The summed E-state index contributed by atoms with van der Waals surface area (Å²) < 4.78 is 5.58. The van der Waals surface area contributed by atoms with Gasteiger partial charge in [0.05, 0.1) is 12.7 Å². The molecule has 0 saturated carbocycles. The van der Waals surface area contributed by atoms with E-state index in [2.05, 4.69) is 0 Å². The Morgan fingerprint density at radius 2 is 2.06 bits per heavy atom. The normalized spacial score (nSPS) is 12.5. The molecule has 0 saturated heterocycles. The fourth-order valence-corrected chi connectivity index (χ4v) is 1.49. The number of unbranched alkanes of at least 4 members (excludes halogenated alkanes) is 1. The molecule has 3 nitrogen and oxygen atoms in total. The van der Waals surface area contributed by atoms with Gasteiger partial charge in [0.25, 0.3) is 0 Å². The molecule has 0 unspecified atom stereocenters. The molecular weight excluding hydrogens is 204 g/mol. The van der Waals surface area contributed by atoms with Gasteiger partial charge in [-0.15, -0.1) is 0 Å². The molecule has 0 amide bonds. The molecule has 0 aromatic heterocycles. The van der Waals surface area contributed by atoms with Gasteiger partial charge in [0.1, 0.15) is 5.75 Å². The second-order valence-corrected chi connectivity index (χ2v) is 3.98. The minimum absolute atomic E-state index is 0.212. The largest absolute Gasteiger partial charge is 0.493 e. The molecule has 0 aliphatic heterocycles. The third-order valence-electron chi connectivity index (χ3n) is 2.49. The Kier molecular flexibility index (Phi) is 5.29. The quantitative estimate of drug-likeness (QED) is 0.728. The summed E-state index contributed by atoms with van der Waals surface area (Å²) in [4.78, 5) is 0. The molecular formula is C13H20O3. The Hall–Kier alpha value is -1.06. The van der Waals surface area contributed by atoms with Crippen LogP contribution >= 0.6 is 0 Å². The Balaban J connectivity index is 2.54. The first-order valence-corrected chi connectivity index (χ1v) is 5.67. The highest BCUT2D eigenvalue weighted by molar-refractivity contribution is 5.36. The van der Waals surface area contributed by atoms with Crippen LogP contribution in [0, 0.1) is 6.92 Å². The Labute approximate surface area is 96.7 Å². The highest BCUT2D eigenvalue weighted by atomic mass is 16.5. The zero-order valence-electron chi connectivity index (χ0n) is 9.94. The summed E-state index contributed by atoms with van der Waals surface area (Å²) in [5, 5.41) is 18.0. The monoisotopic (exact) mass is 224 g/mol. The predicted octanol–water partition coefficient (Wildman–Crippen LogP) is 2.20. The van der Waals surface area contributed by atoms with Crippen LogP contribution in [-0.4, -0.2) is 23.4 Å². The molecule has 3 heteroatoms. The van der Waals surface area contributed by atoms with Crippen molar-refractivity contribution in [2.24, 2.45) is 0 Å². The number of hydrogen-bond donors (Lipinski definition) is 2. The molecule has 1 rings (SSSR count). The first-order chi connectivity index (χ1) is 7.65. The Morgan fingerprint density at radius 1 is 1.31 bits per heavy atom. The van der Waals surface area contributed by atoms with Crippen molar-refractivity contribution in [2.75, 3.05) is 13.2 Å². The van der Waals surface area contributed by atoms with Crippen LogP contribution in [0.15, 0.2) is 18.2 Å². The Morgan fingerprint density at radius 3 is 2.62 bits per heavy atom. The molecule has 0 aliphatic carbocycles. The van der Waals surface area contributed by atoms with Crippen LogP contribution in [0.3, 0.4) is 0 Å². The van der Waals surface area contributed by atoms with E-state index in [0.717, 1.165) is 29.7 Å². The van der Waals surface area contributed by atoms with E-state index in [9.17, 15) is 5.11 Å². The molecule has 1 aromatic carbocycles. The van der Waals surface area contributed by atoms with E-state index in [1.165, 1.54) is 0 Å². The summed E-state index contributed by atoms with van der Waals surface area (Å²) in [6.45, 7) is 4.54. The highest BCUT2D eigenvalue weighted by Crippen LogP contribution is 2.22. The molecule has 90 valence electrons.